The summed E-state index contributed by atoms with van der Waals surface area (Å²) in [6.45, 7) is 10.6. The number of aromatic nitrogens is 2. The molecule has 1 aromatic carbocycles. The molecule has 25 heavy (non-hydrogen) atoms. The van der Waals surface area contributed by atoms with E-state index in [1.54, 1.807) is 12.5 Å². The number of nitrogens with zero attached hydrogens (tertiary/aromatic N) is 3. The van der Waals surface area contributed by atoms with Gasteiger partial charge in [0.05, 0.1) is 0 Å². The monoisotopic (exact) mass is 341 g/mol. The van der Waals surface area contributed by atoms with Crippen LogP contribution >= 0.6 is 0 Å². The molecule has 2 heterocycles. The van der Waals surface area contributed by atoms with Gasteiger partial charge in [-0.3, -0.25) is 4.57 Å². The number of aryl methyl sites for hydroxylation is 1. The number of oxime groups is 1. The number of fused-ring (bicyclic) bond motifs is 1. The number of benzene rings is 1. The average Bonchev–Trinajstić information content (AvgIpc) is 3.07. The van der Waals surface area contributed by atoms with Gasteiger partial charge >= 0.3 is 0 Å². The summed E-state index contributed by atoms with van der Waals surface area (Å²) in [5, 5.41) is 4.34. The Bertz CT molecular complexity index is 743. The molecule has 2 aromatic rings. The highest BCUT2D eigenvalue weighted by Gasteiger charge is 2.30. The molecule has 1 aliphatic rings. The van der Waals surface area contributed by atoms with Gasteiger partial charge in [-0.05, 0) is 43.7 Å². The summed E-state index contributed by atoms with van der Waals surface area (Å²) in [5.41, 5.74) is 2.32. The fourth-order valence-electron chi connectivity index (χ4n) is 2.91. The van der Waals surface area contributed by atoms with Gasteiger partial charge in [0.2, 0.25) is 0 Å². The van der Waals surface area contributed by atoms with Crippen LogP contribution in [0.2, 0.25) is 0 Å². The molecule has 5 nitrogen and oxygen atoms in total. The largest absolute Gasteiger partial charge is 0.490 e. The first kappa shape index (κ1) is 17.5. The van der Waals surface area contributed by atoms with Crippen molar-refractivity contribution in [2.45, 2.75) is 59.7 Å². The van der Waals surface area contributed by atoms with E-state index in [-0.39, 0.29) is 17.6 Å². The van der Waals surface area contributed by atoms with Crippen LogP contribution in [0.4, 0.5) is 0 Å². The van der Waals surface area contributed by atoms with Crippen LogP contribution < -0.4 is 4.74 Å². The zero-order valence-corrected chi connectivity index (χ0v) is 15.7. The lowest BCUT2D eigenvalue weighted by atomic mass is 9.84. The van der Waals surface area contributed by atoms with Gasteiger partial charge in [-0.2, -0.15) is 0 Å². The van der Waals surface area contributed by atoms with E-state index in [1.165, 1.54) is 5.56 Å². The lowest BCUT2D eigenvalue weighted by Gasteiger charge is -2.35. The molecule has 0 N–H and O–H groups in total. The predicted octanol–water partition coefficient (Wildman–Crippen LogP) is 4.26. The van der Waals surface area contributed by atoms with Crippen LogP contribution in [-0.2, 0) is 11.3 Å². The number of hydrogen-bond acceptors (Lipinski definition) is 4. The summed E-state index contributed by atoms with van der Waals surface area (Å²) < 4.78 is 8.16. The molecule has 5 heteroatoms. The second-order valence-corrected chi connectivity index (χ2v) is 7.87. The van der Waals surface area contributed by atoms with Crippen LogP contribution in [0, 0.1) is 5.41 Å². The molecule has 134 valence electrons. The van der Waals surface area contributed by atoms with E-state index in [0.717, 1.165) is 24.2 Å². The zero-order chi connectivity index (χ0) is 18.0. The first-order valence-corrected chi connectivity index (χ1v) is 8.86. The van der Waals surface area contributed by atoms with E-state index in [9.17, 15) is 0 Å². The average molecular weight is 341 g/mol. The minimum atomic E-state index is 0.0117. The molecule has 0 aliphatic carbocycles. The van der Waals surface area contributed by atoms with Crippen molar-refractivity contribution in [2.24, 2.45) is 10.6 Å². The molecule has 1 atom stereocenters. The van der Waals surface area contributed by atoms with E-state index < -0.39 is 0 Å². The van der Waals surface area contributed by atoms with Gasteiger partial charge in [0.1, 0.15) is 24.3 Å². The van der Waals surface area contributed by atoms with Crippen LogP contribution in [0.15, 0.2) is 42.1 Å². The number of ether oxygens (including phenoxy) is 1. The smallest absolute Gasteiger partial charge is 0.184 e. The molecule has 0 saturated heterocycles. The van der Waals surface area contributed by atoms with E-state index in [0.29, 0.717) is 5.84 Å². The molecule has 1 aromatic heterocycles. The lowest BCUT2D eigenvalue weighted by molar-refractivity contribution is 0.0674. The highest BCUT2D eigenvalue weighted by molar-refractivity contribution is 6.00. The maximum atomic E-state index is 6.31. The van der Waals surface area contributed by atoms with Gasteiger partial charge in [0.15, 0.2) is 5.84 Å². The Hall–Kier alpha value is -2.30. The normalized spacial score (nSPS) is 18.0. The topological polar surface area (TPSA) is 48.6 Å². The fourth-order valence-corrected chi connectivity index (χ4v) is 2.91. The van der Waals surface area contributed by atoms with Gasteiger partial charge in [-0.25, -0.2) is 4.98 Å². The van der Waals surface area contributed by atoms with Gasteiger partial charge in [0, 0.05) is 18.0 Å². The van der Waals surface area contributed by atoms with Crippen molar-refractivity contribution in [3.63, 3.8) is 0 Å². The van der Waals surface area contributed by atoms with Crippen LogP contribution in [0.3, 0.4) is 0 Å². The molecule has 0 spiro atoms. The zero-order valence-electron chi connectivity index (χ0n) is 15.7. The first-order chi connectivity index (χ1) is 11.8. The van der Waals surface area contributed by atoms with Crippen molar-refractivity contribution >= 4 is 5.84 Å². The third-order valence-corrected chi connectivity index (χ3v) is 4.34. The summed E-state index contributed by atoms with van der Waals surface area (Å²) in [6, 6.07) is 6.27. The van der Waals surface area contributed by atoms with Crippen LogP contribution in [0.5, 0.6) is 5.75 Å². The Morgan fingerprint density at radius 2 is 2.16 bits per heavy atom. The Balaban J connectivity index is 1.95. The molecule has 0 fully saturated rings. The van der Waals surface area contributed by atoms with E-state index in [4.69, 9.17) is 9.57 Å². The third-order valence-electron chi connectivity index (χ3n) is 4.34. The highest BCUT2D eigenvalue weighted by atomic mass is 16.6. The standard InChI is InChI=1S/C20H27N3O2/c1-14(2)25-22-19(23-11-10-21-13-23)16-7-6-15-8-9-18(20(3,4)5)24-17(15)12-16/h6-7,10-14,18H,8-9H2,1-5H3/b22-19-. The first-order valence-electron chi connectivity index (χ1n) is 8.86. The van der Waals surface area contributed by atoms with E-state index in [1.807, 2.05) is 24.6 Å². The minimum absolute atomic E-state index is 0.0117. The lowest BCUT2D eigenvalue weighted by Crippen LogP contribution is -2.35. The highest BCUT2D eigenvalue weighted by Crippen LogP contribution is 2.35. The van der Waals surface area contributed by atoms with Gasteiger partial charge < -0.3 is 9.57 Å². The Morgan fingerprint density at radius 1 is 1.36 bits per heavy atom. The minimum Gasteiger partial charge on any atom is -0.490 e. The van der Waals surface area contributed by atoms with Gasteiger partial charge in [0.25, 0.3) is 0 Å². The van der Waals surface area contributed by atoms with Crippen molar-refractivity contribution in [3.05, 3.63) is 48.0 Å². The molecular weight excluding hydrogens is 314 g/mol. The van der Waals surface area contributed by atoms with Gasteiger partial charge in [-0.1, -0.05) is 38.1 Å². The van der Waals surface area contributed by atoms with Crippen molar-refractivity contribution in [2.75, 3.05) is 0 Å². The summed E-state index contributed by atoms with van der Waals surface area (Å²) in [5.74, 6) is 1.65. The van der Waals surface area contributed by atoms with Crippen LogP contribution in [0.1, 0.15) is 52.2 Å². The predicted molar refractivity (Wildman–Crippen MR) is 99.0 cm³/mol. The van der Waals surface area contributed by atoms with Crippen LogP contribution in [-0.4, -0.2) is 27.6 Å². The summed E-state index contributed by atoms with van der Waals surface area (Å²) in [6.07, 6.45) is 7.64. The molecule has 1 unspecified atom stereocenters. The Morgan fingerprint density at radius 3 is 2.80 bits per heavy atom. The molecule has 0 amide bonds. The van der Waals surface area contributed by atoms with Crippen molar-refractivity contribution < 1.29 is 9.57 Å². The fraction of sp³-hybridized carbons (Fsp3) is 0.500. The Kier molecular flexibility index (Phi) is 4.84. The van der Waals surface area contributed by atoms with Crippen molar-refractivity contribution in [3.8, 4) is 5.75 Å². The molecule has 0 saturated carbocycles. The SMILES string of the molecule is CC(C)O/N=C(/c1ccc2c(c1)OC(C(C)(C)C)CC2)n1ccnc1. The summed E-state index contributed by atoms with van der Waals surface area (Å²) in [4.78, 5) is 9.62. The third kappa shape index (κ3) is 4.03. The van der Waals surface area contributed by atoms with Crippen molar-refractivity contribution in [1.82, 2.24) is 9.55 Å². The molecule has 3 rings (SSSR count). The van der Waals surface area contributed by atoms with Crippen LogP contribution in [0.25, 0.3) is 0 Å². The number of hydrogen-bond donors (Lipinski definition) is 0. The maximum absolute atomic E-state index is 6.31. The summed E-state index contributed by atoms with van der Waals surface area (Å²) in [7, 11) is 0. The molecule has 0 bridgehead atoms. The maximum Gasteiger partial charge on any atom is 0.184 e. The molecular formula is C20H27N3O2. The quantitative estimate of drug-likeness (QED) is 0.476. The second-order valence-electron chi connectivity index (χ2n) is 7.87. The van der Waals surface area contributed by atoms with E-state index >= 15 is 0 Å². The number of imidazole rings is 1. The summed E-state index contributed by atoms with van der Waals surface area (Å²) >= 11 is 0. The molecule has 0 radical (unpaired) electrons. The molecule has 1 aliphatic heterocycles. The van der Waals surface area contributed by atoms with Gasteiger partial charge in [-0.15, -0.1) is 0 Å². The Labute approximate surface area is 149 Å². The van der Waals surface area contributed by atoms with Crippen molar-refractivity contribution in [1.29, 1.82) is 0 Å². The number of rotatable bonds is 3. The van der Waals surface area contributed by atoms with E-state index in [2.05, 4.69) is 49.1 Å². The second kappa shape index (κ2) is 6.90.